The molecule has 3 rings (SSSR count). The molecule has 1 aliphatic heterocycles. The van der Waals surface area contributed by atoms with E-state index in [2.05, 4.69) is 36.4 Å². The highest BCUT2D eigenvalue weighted by Crippen LogP contribution is 2.31. The third-order valence-electron chi connectivity index (χ3n) is 4.52. The van der Waals surface area contributed by atoms with Crippen molar-refractivity contribution in [1.82, 2.24) is 5.06 Å². The lowest BCUT2D eigenvalue weighted by Gasteiger charge is -2.31. The predicted molar refractivity (Wildman–Crippen MR) is 77.1 cm³/mol. The van der Waals surface area contributed by atoms with Gasteiger partial charge < -0.3 is 5.21 Å². The van der Waals surface area contributed by atoms with Gasteiger partial charge in [0, 0.05) is 6.54 Å². The van der Waals surface area contributed by atoms with E-state index in [-0.39, 0.29) is 6.04 Å². The summed E-state index contributed by atoms with van der Waals surface area (Å²) in [6, 6.07) is 8.54. The number of allylic oxidation sites excluding steroid dienone is 1. The molecule has 2 aliphatic rings. The maximum atomic E-state index is 10.1. The van der Waals surface area contributed by atoms with Gasteiger partial charge in [0.15, 0.2) is 0 Å². The Morgan fingerprint density at radius 2 is 1.84 bits per heavy atom. The van der Waals surface area contributed by atoms with Crippen molar-refractivity contribution in [1.29, 1.82) is 0 Å². The van der Waals surface area contributed by atoms with Crippen molar-refractivity contribution in [3.05, 3.63) is 47.5 Å². The minimum Gasteiger partial charge on any atom is -0.313 e. The Balaban J connectivity index is 1.77. The average Bonchev–Trinajstić information content (AvgIpc) is 2.47. The normalized spacial score (nSPS) is 25.6. The fourth-order valence-electron chi connectivity index (χ4n) is 3.38. The van der Waals surface area contributed by atoms with E-state index in [1.807, 2.05) is 0 Å². The van der Waals surface area contributed by atoms with Crippen molar-refractivity contribution in [3.63, 3.8) is 0 Å². The predicted octanol–water partition coefficient (Wildman–Crippen LogP) is 4.11. The summed E-state index contributed by atoms with van der Waals surface area (Å²) in [7, 11) is 0. The number of hydrogen-bond donors (Lipinski definition) is 1. The number of rotatable bonds is 2. The molecule has 102 valence electrons. The van der Waals surface area contributed by atoms with Gasteiger partial charge in [-0.3, -0.25) is 0 Å². The Hall–Kier alpha value is -1.12. The van der Waals surface area contributed by atoms with Crippen LogP contribution >= 0.6 is 0 Å². The van der Waals surface area contributed by atoms with Crippen molar-refractivity contribution in [3.8, 4) is 0 Å². The first-order valence-corrected chi connectivity index (χ1v) is 7.56. The summed E-state index contributed by atoms with van der Waals surface area (Å²) < 4.78 is 0. The minimum atomic E-state index is 0.0480. The Morgan fingerprint density at radius 1 is 1.05 bits per heavy atom. The van der Waals surface area contributed by atoms with Crippen molar-refractivity contribution < 1.29 is 5.21 Å². The molecule has 1 N–H and O–H groups in total. The van der Waals surface area contributed by atoms with Crippen LogP contribution in [0.25, 0.3) is 0 Å². The molecule has 1 aliphatic carbocycles. The summed E-state index contributed by atoms with van der Waals surface area (Å²) in [5.74, 6) is 0.719. The second-order valence-electron chi connectivity index (χ2n) is 5.84. The van der Waals surface area contributed by atoms with Crippen LogP contribution in [0.2, 0.25) is 0 Å². The SMILES string of the molecule is ON1CCc2ccccc2[C@@H]1/C=C/C1CCCCC1. The van der Waals surface area contributed by atoms with Crippen LogP contribution in [0.1, 0.15) is 49.3 Å². The Bertz CT molecular complexity index is 448. The summed E-state index contributed by atoms with van der Waals surface area (Å²) in [5.41, 5.74) is 2.65. The number of nitrogens with zero attached hydrogens (tertiary/aromatic N) is 1. The first-order valence-electron chi connectivity index (χ1n) is 7.56. The highest BCUT2D eigenvalue weighted by atomic mass is 16.5. The summed E-state index contributed by atoms with van der Waals surface area (Å²) in [4.78, 5) is 0. The summed E-state index contributed by atoms with van der Waals surface area (Å²) >= 11 is 0. The summed E-state index contributed by atoms with van der Waals surface area (Å²) in [6.07, 6.45) is 12.2. The monoisotopic (exact) mass is 257 g/mol. The van der Waals surface area contributed by atoms with Gasteiger partial charge in [0.05, 0.1) is 6.04 Å². The van der Waals surface area contributed by atoms with E-state index in [0.717, 1.165) is 18.9 Å². The van der Waals surface area contributed by atoms with Crippen molar-refractivity contribution in [2.45, 2.75) is 44.6 Å². The van der Waals surface area contributed by atoms with Gasteiger partial charge in [0.1, 0.15) is 0 Å². The number of fused-ring (bicyclic) bond motifs is 1. The second-order valence-corrected chi connectivity index (χ2v) is 5.84. The maximum Gasteiger partial charge on any atom is 0.0783 e. The first-order chi connectivity index (χ1) is 9.34. The van der Waals surface area contributed by atoms with Crippen LogP contribution in [0.4, 0.5) is 0 Å². The molecule has 2 heteroatoms. The van der Waals surface area contributed by atoms with Gasteiger partial charge in [0.25, 0.3) is 0 Å². The van der Waals surface area contributed by atoms with Gasteiger partial charge in [-0.2, -0.15) is 5.06 Å². The molecule has 1 atom stereocenters. The average molecular weight is 257 g/mol. The minimum absolute atomic E-state index is 0.0480. The van der Waals surface area contributed by atoms with Crippen LogP contribution in [-0.4, -0.2) is 16.8 Å². The van der Waals surface area contributed by atoms with Crippen molar-refractivity contribution in [2.24, 2.45) is 5.92 Å². The van der Waals surface area contributed by atoms with Gasteiger partial charge in [-0.25, -0.2) is 0 Å². The Kier molecular flexibility index (Phi) is 4.00. The first kappa shape index (κ1) is 12.9. The molecule has 2 nitrogen and oxygen atoms in total. The van der Waals surface area contributed by atoms with Gasteiger partial charge in [-0.1, -0.05) is 55.7 Å². The molecule has 0 radical (unpaired) electrons. The highest BCUT2D eigenvalue weighted by Gasteiger charge is 2.24. The van der Waals surface area contributed by atoms with E-state index >= 15 is 0 Å². The molecular weight excluding hydrogens is 234 g/mol. The molecule has 0 amide bonds. The molecule has 1 aromatic carbocycles. The fraction of sp³-hybridized carbons (Fsp3) is 0.529. The molecule has 1 aromatic rings. The van der Waals surface area contributed by atoms with E-state index in [1.165, 1.54) is 48.3 Å². The zero-order valence-corrected chi connectivity index (χ0v) is 11.5. The van der Waals surface area contributed by atoms with E-state index < -0.39 is 0 Å². The molecule has 1 fully saturated rings. The standard InChI is InChI=1S/C17H23NO/c19-18-13-12-15-8-4-5-9-16(15)17(18)11-10-14-6-2-1-3-7-14/h4-5,8-11,14,17,19H,1-3,6-7,12-13H2/b11-10+/t17-/m0/s1. The van der Waals surface area contributed by atoms with Gasteiger partial charge in [-0.05, 0) is 36.3 Å². The largest absolute Gasteiger partial charge is 0.313 e. The Labute approximate surface area is 115 Å². The molecule has 0 bridgehead atoms. The molecule has 0 spiro atoms. The third kappa shape index (κ3) is 2.90. The lowest BCUT2D eigenvalue weighted by atomic mass is 9.87. The van der Waals surface area contributed by atoms with Gasteiger partial charge in [-0.15, -0.1) is 0 Å². The number of hydroxylamine groups is 2. The van der Waals surface area contributed by atoms with E-state index in [9.17, 15) is 5.21 Å². The molecule has 0 aromatic heterocycles. The maximum absolute atomic E-state index is 10.1. The number of benzene rings is 1. The topological polar surface area (TPSA) is 23.5 Å². The summed E-state index contributed by atoms with van der Waals surface area (Å²) in [6.45, 7) is 0.733. The molecular formula is C17H23NO. The lowest BCUT2D eigenvalue weighted by molar-refractivity contribution is -0.119. The van der Waals surface area contributed by atoms with Crippen LogP contribution in [0, 0.1) is 5.92 Å². The molecule has 19 heavy (non-hydrogen) atoms. The van der Waals surface area contributed by atoms with Crippen LogP contribution in [-0.2, 0) is 6.42 Å². The smallest absolute Gasteiger partial charge is 0.0783 e. The fourth-order valence-corrected chi connectivity index (χ4v) is 3.38. The van der Waals surface area contributed by atoms with Gasteiger partial charge >= 0.3 is 0 Å². The Morgan fingerprint density at radius 3 is 2.68 bits per heavy atom. The lowest BCUT2D eigenvalue weighted by Crippen LogP contribution is -2.31. The van der Waals surface area contributed by atoms with E-state index in [0.29, 0.717) is 0 Å². The molecule has 0 saturated heterocycles. The number of hydrogen-bond acceptors (Lipinski definition) is 2. The van der Waals surface area contributed by atoms with Crippen LogP contribution in [0.3, 0.4) is 0 Å². The molecule has 1 saturated carbocycles. The highest BCUT2D eigenvalue weighted by molar-refractivity contribution is 5.34. The quantitative estimate of drug-likeness (QED) is 0.806. The zero-order chi connectivity index (χ0) is 13.1. The third-order valence-corrected chi connectivity index (χ3v) is 4.52. The van der Waals surface area contributed by atoms with Crippen molar-refractivity contribution in [2.75, 3.05) is 6.54 Å². The van der Waals surface area contributed by atoms with Crippen LogP contribution in [0.5, 0.6) is 0 Å². The second kappa shape index (κ2) is 5.89. The summed E-state index contributed by atoms with van der Waals surface area (Å²) in [5, 5.41) is 11.6. The van der Waals surface area contributed by atoms with Crippen molar-refractivity contribution >= 4 is 0 Å². The van der Waals surface area contributed by atoms with E-state index in [4.69, 9.17) is 0 Å². The molecule has 0 unspecified atom stereocenters. The zero-order valence-electron chi connectivity index (χ0n) is 11.5. The van der Waals surface area contributed by atoms with E-state index in [1.54, 1.807) is 0 Å². The van der Waals surface area contributed by atoms with Crippen LogP contribution < -0.4 is 0 Å². The molecule has 1 heterocycles. The van der Waals surface area contributed by atoms with Crippen LogP contribution in [0.15, 0.2) is 36.4 Å². The van der Waals surface area contributed by atoms with Gasteiger partial charge in [0.2, 0.25) is 0 Å².